The number of fused-ring (bicyclic) bond motifs is 3. The van der Waals surface area contributed by atoms with Gasteiger partial charge in [0.2, 0.25) is 0 Å². The van der Waals surface area contributed by atoms with Crippen LogP contribution in [0.1, 0.15) is 53.9 Å². The molecule has 0 aromatic heterocycles. The molecule has 0 bridgehead atoms. The summed E-state index contributed by atoms with van der Waals surface area (Å²) in [5.74, 6) is 1.12. The van der Waals surface area contributed by atoms with Gasteiger partial charge in [0.25, 0.3) is 0 Å². The molecule has 1 heterocycles. The third-order valence-corrected chi connectivity index (χ3v) is 12.0. The first-order chi connectivity index (χ1) is 9.96. The van der Waals surface area contributed by atoms with E-state index < -0.39 is 13.9 Å². The van der Waals surface area contributed by atoms with Crippen molar-refractivity contribution in [2.24, 2.45) is 17.3 Å². The highest BCUT2D eigenvalue weighted by molar-refractivity contribution is 6.74. The van der Waals surface area contributed by atoms with Crippen molar-refractivity contribution < 1.29 is 14.0 Å². The van der Waals surface area contributed by atoms with Gasteiger partial charge in [0, 0.05) is 11.5 Å². The molecule has 0 radical (unpaired) electrons. The van der Waals surface area contributed by atoms with Crippen LogP contribution in [0.2, 0.25) is 18.1 Å². The molecule has 3 aliphatic rings. The Morgan fingerprint density at radius 1 is 1.27 bits per heavy atom. The van der Waals surface area contributed by atoms with Crippen molar-refractivity contribution in [2.45, 2.75) is 89.8 Å². The van der Waals surface area contributed by atoms with E-state index in [1.807, 2.05) is 0 Å². The number of aldehydes is 1. The zero-order valence-corrected chi connectivity index (χ0v) is 16.2. The fourth-order valence-corrected chi connectivity index (χ4v) is 6.08. The van der Waals surface area contributed by atoms with E-state index in [-0.39, 0.29) is 16.6 Å². The summed E-state index contributed by atoms with van der Waals surface area (Å²) in [6.07, 6.45) is 4.69. The van der Waals surface area contributed by atoms with Crippen LogP contribution in [-0.2, 0) is 14.0 Å². The van der Waals surface area contributed by atoms with Gasteiger partial charge in [-0.15, -0.1) is 0 Å². The zero-order chi connectivity index (χ0) is 16.6. The van der Waals surface area contributed by atoms with E-state index in [9.17, 15) is 4.79 Å². The molecule has 6 atom stereocenters. The Kier molecular flexibility index (Phi) is 3.54. The third-order valence-electron chi connectivity index (χ3n) is 7.43. The molecule has 22 heavy (non-hydrogen) atoms. The molecule has 3 nitrogen and oxygen atoms in total. The molecule has 2 aliphatic carbocycles. The Morgan fingerprint density at radius 2 is 1.91 bits per heavy atom. The minimum Gasteiger partial charge on any atom is -0.414 e. The Balaban J connectivity index is 1.75. The lowest BCUT2D eigenvalue weighted by Crippen LogP contribution is -2.49. The first-order valence-electron chi connectivity index (χ1n) is 8.78. The Hall–Kier alpha value is -0.193. The number of ether oxygens (including phenoxy) is 1. The number of hydrogen-bond acceptors (Lipinski definition) is 3. The molecule has 126 valence electrons. The van der Waals surface area contributed by atoms with Crippen LogP contribution in [0.5, 0.6) is 0 Å². The summed E-state index contributed by atoms with van der Waals surface area (Å²) in [6.45, 7) is 16.3. The van der Waals surface area contributed by atoms with Crippen molar-refractivity contribution in [3.63, 3.8) is 0 Å². The minimum atomic E-state index is -1.72. The predicted octanol–water partition coefficient (Wildman–Crippen LogP) is 4.17. The lowest BCUT2D eigenvalue weighted by Gasteiger charge is -2.49. The minimum absolute atomic E-state index is 0.159. The van der Waals surface area contributed by atoms with Gasteiger partial charge >= 0.3 is 0 Å². The number of rotatable bonds is 3. The average Bonchev–Trinajstić information content (AvgIpc) is 3.03. The maximum absolute atomic E-state index is 11.5. The van der Waals surface area contributed by atoms with Crippen LogP contribution in [0.15, 0.2) is 0 Å². The largest absolute Gasteiger partial charge is 0.414 e. The highest BCUT2D eigenvalue weighted by atomic mass is 28.4. The highest BCUT2D eigenvalue weighted by Crippen LogP contribution is 2.67. The molecule has 3 rings (SSSR count). The smallest absolute Gasteiger partial charge is 0.192 e. The van der Waals surface area contributed by atoms with E-state index in [0.717, 1.165) is 25.5 Å². The maximum Gasteiger partial charge on any atom is 0.192 e. The molecular formula is C18H32O3Si. The fraction of sp³-hybridized carbons (Fsp3) is 0.944. The van der Waals surface area contributed by atoms with Crippen LogP contribution in [-0.4, -0.2) is 32.4 Å². The molecule has 1 aliphatic heterocycles. The number of carbonyl (C=O) groups is 1. The number of hydrogen-bond donors (Lipinski definition) is 0. The van der Waals surface area contributed by atoms with Crippen molar-refractivity contribution in [1.82, 2.24) is 0 Å². The van der Waals surface area contributed by atoms with Gasteiger partial charge in [-0.05, 0) is 49.2 Å². The van der Waals surface area contributed by atoms with E-state index >= 15 is 0 Å². The van der Waals surface area contributed by atoms with Crippen molar-refractivity contribution in [3.8, 4) is 0 Å². The molecule has 4 heteroatoms. The summed E-state index contributed by atoms with van der Waals surface area (Å²) in [5.41, 5.74) is -0.284. The molecule has 0 amide bonds. The summed E-state index contributed by atoms with van der Waals surface area (Å²) in [4.78, 5) is 11.5. The normalized spacial score (nSPS) is 47.8. The molecule has 3 fully saturated rings. The van der Waals surface area contributed by atoms with Crippen molar-refractivity contribution >= 4 is 14.6 Å². The van der Waals surface area contributed by atoms with E-state index in [2.05, 4.69) is 47.7 Å². The second kappa shape index (κ2) is 4.67. The highest BCUT2D eigenvalue weighted by Gasteiger charge is 2.75. The van der Waals surface area contributed by atoms with Crippen molar-refractivity contribution in [3.05, 3.63) is 0 Å². The van der Waals surface area contributed by atoms with Gasteiger partial charge in [0.05, 0.1) is 0 Å². The summed E-state index contributed by atoms with van der Waals surface area (Å²) >= 11 is 0. The SMILES string of the molecule is C[C@@H]1C[C@H](O[Si](C)(C)C(C)(C)C)CC2C[C@]3(C=O)O[C@@H]3[C@]21C. The van der Waals surface area contributed by atoms with Gasteiger partial charge in [-0.1, -0.05) is 34.6 Å². The van der Waals surface area contributed by atoms with E-state index in [4.69, 9.17) is 9.16 Å². The first kappa shape index (κ1) is 16.7. The van der Waals surface area contributed by atoms with Gasteiger partial charge < -0.3 is 14.0 Å². The van der Waals surface area contributed by atoms with Gasteiger partial charge in [0.1, 0.15) is 6.10 Å². The molecule has 0 spiro atoms. The first-order valence-corrected chi connectivity index (χ1v) is 11.7. The molecule has 0 aromatic carbocycles. The van der Waals surface area contributed by atoms with E-state index in [1.54, 1.807) is 0 Å². The second-order valence-electron chi connectivity index (χ2n) is 9.71. The second-order valence-corrected chi connectivity index (χ2v) is 14.5. The summed E-state index contributed by atoms with van der Waals surface area (Å²) in [6, 6.07) is 0. The van der Waals surface area contributed by atoms with Crippen LogP contribution in [0, 0.1) is 17.3 Å². The lowest BCUT2D eigenvalue weighted by molar-refractivity contribution is -0.113. The zero-order valence-electron chi connectivity index (χ0n) is 15.2. The average molecular weight is 325 g/mol. The number of epoxide rings is 1. The van der Waals surface area contributed by atoms with Gasteiger partial charge in [-0.3, -0.25) is 0 Å². The Morgan fingerprint density at radius 3 is 2.45 bits per heavy atom. The van der Waals surface area contributed by atoms with Crippen LogP contribution in [0.3, 0.4) is 0 Å². The number of carbonyl (C=O) groups excluding carboxylic acids is 1. The topological polar surface area (TPSA) is 38.8 Å². The standard InChI is InChI=1S/C18H32O3Si/c1-12-8-14(21-22(6,7)16(2,3)4)9-13-10-18(11-19)15(20-18)17(12,13)5/h11-15H,8-10H2,1-7H3/t12-,13?,14+,15-,17+,18-/m1/s1. The summed E-state index contributed by atoms with van der Waals surface area (Å²) in [7, 11) is -1.72. The molecule has 1 unspecified atom stereocenters. The quantitative estimate of drug-likeness (QED) is 0.444. The molecule has 0 aromatic rings. The van der Waals surface area contributed by atoms with Crippen molar-refractivity contribution in [1.29, 1.82) is 0 Å². The van der Waals surface area contributed by atoms with Crippen LogP contribution < -0.4 is 0 Å². The molecule has 0 N–H and O–H groups in total. The van der Waals surface area contributed by atoms with Gasteiger partial charge in [-0.2, -0.15) is 0 Å². The third kappa shape index (κ3) is 2.17. The lowest BCUT2D eigenvalue weighted by atomic mass is 9.62. The van der Waals surface area contributed by atoms with Crippen LogP contribution >= 0.6 is 0 Å². The Bertz CT molecular complexity index is 483. The van der Waals surface area contributed by atoms with Crippen molar-refractivity contribution in [2.75, 3.05) is 0 Å². The monoisotopic (exact) mass is 324 g/mol. The summed E-state index contributed by atoms with van der Waals surface area (Å²) in [5, 5.41) is 0.252. The Labute approximate surface area is 136 Å². The molecular weight excluding hydrogens is 292 g/mol. The summed E-state index contributed by atoms with van der Waals surface area (Å²) < 4.78 is 12.5. The molecule has 2 saturated carbocycles. The van der Waals surface area contributed by atoms with Crippen LogP contribution in [0.4, 0.5) is 0 Å². The van der Waals surface area contributed by atoms with E-state index in [0.29, 0.717) is 17.9 Å². The van der Waals surface area contributed by atoms with E-state index in [1.165, 1.54) is 0 Å². The van der Waals surface area contributed by atoms with Gasteiger partial charge in [0.15, 0.2) is 20.2 Å². The fourth-order valence-electron chi connectivity index (χ4n) is 4.70. The predicted molar refractivity (Wildman–Crippen MR) is 90.4 cm³/mol. The maximum atomic E-state index is 11.5. The van der Waals surface area contributed by atoms with Crippen LogP contribution in [0.25, 0.3) is 0 Å². The van der Waals surface area contributed by atoms with Gasteiger partial charge in [-0.25, -0.2) is 0 Å². The molecule has 1 saturated heterocycles.